The Morgan fingerprint density at radius 1 is 1.16 bits per heavy atom. The molecule has 4 heteroatoms. The Morgan fingerprint density at radius 2 is 1.89 bits per heavy atom. The van der Waals surface area contributed by atoms with Gasteiger partial charge in [0.2, 0.25) is 5.95 Å². The summed E-state index contributed by atoms with van der Waals surface area (Å²) in [7, 11) is 0. The summed E-state index contributed by atoms with van der Waals surface area (Å²) in [6.07, 6.45) is 3.97. The normalized spacial score (nSPS) is 21.5. The molecule has 104 valence electrons. The van der Waals surface area contributed by atoms with E-state index in [0.717, 1.165) is 44.4 Å². The lowest BCUT2D eigenvalue weighted by Crippen LogP contribution is -2.46. The highest BCUT2D eigenvalue weighted by atomic mass is 15.3. The average molecular weight is 260 g/mol. The van der Waals surface area contributed by atoms with Crippen LogP contribution >= 0.6 is 0 Å². The fourth-order valence-corrected chi connectivity index (χ4v) is 2.90. The SMILES string of the molecule is CCN1CCN(c2nc(C)cc(C3CCC3)n2)CC1. The van der Waals surface area contributed by atoms with Crippen molar-refractivity contribution in [3.63, 3.8) is 0 Å². The highest BCUT2D eigenvalue weighted by Gasteiger charge is 2.24. The molecule has 0 radical (unpaired) electrons. The predicted octanol–water partition coefficient (Wildman–Crippen LogP) is 2.19. The fourth-order valence-electron chi connectivity index (χ4n) is 2.90. The van der Waals surface area contributed by atoms with Crippen molar-refractivity contribution in [1.82, 2.24) is 14.9 Å². The Balaban J connectivity index is 1.75. The minimum Gasteiger partial charge on any atom is -0.338 e. The van der Waals surface area contributed by atoms with Gasteiger partial charge in [0.15, 0.2) is 0 Å². The molecule has 0 aromatic carbocycles. The minimum atomic E-state index is 0.692. The van der Waals surface area contributed by atoms with Gasteiger partial charge < -0.3 is 9.80 Å². The number of nitrogens with zero attached hydrogens (tertiary/aromatic N) is 4. The topological polar surface area (TPSA) is 32.3 Å². The first-order valence-corrected chi connectivity index (χ1v) is 7.59. The summed E-state index contributed by atoms with van der Waals surface area (Å²) in [6, 6.07) is 2.18. The van der Waals surface area contributed by atoms with Crippen LogP contribution in [0.5, 0.6) is 0 Å². The van der Waals surface area contributed by atoms with E-state index in [0.29, 0.717) is 5.92 Å². The van der Waals surface area contributed by atoms with E-state index in [1.807, 2.05) is 0 Å². The maximum absolute atomic E-state index is 4.83. The molecule has 2 aliphatic rings. The molecule has 4 nitrogen and oxygen atoms in total. The van der Waals surface area contributed by atoms with Crippen molar-refractivity contribution in [1.29, 1.82) is 0 Å². The fraction of sp³-hybridized carbons (Fsp3) is 0.733. The Labute approximate surface area is 115 Å². The lowest BCUT2D eigenvalue weighted by atomic mass is 9.83. The molecule has 1 aliphatic heterocycles. The number of likely N-dealkylation sites (N-methyl/N-ethyl adjacent to an activating group) is 1. The Morgan fingerprint density at radius 3 is 2.47 bits per heavy atom. The number of hydrogen-bond donors (Lipinski definition) is 0. The van der Waals surface area contributed by atoms with Gasteiger partial charge in [0.1, 0.15) is 0 Å². The summed E-state index contributed by atoms with van der Waals surface area (Å²) in [5.74, 6) is 1.65. The van der Waals surface area contributed by atoms with Crippen molar-refractivity contribution in [3.8, 4) is 0 Å². The maximum Gasteiger partial charge on any atom is 0.225 e. The van der Waals surface area contributed by atoms with E-state index in [4.69, 9.17) is 4.98 Å². The molecule has 0 atom stereocenters. The third-order valence-corrected chi connectivity index (χ3v) is 4.49. The van der Waals surface area contributed by atoms with Crippen molar-refractivity contribution in [3.05, 3.63) is 17.5 Å². The van der Waals surface area contributed by atoms with Gasteiger partial charge in [-0.1, -0.05) is 13.3 Å². The van der Waals surface area contributed by atoms with E-state index in [9.17, 15) is 0 Å². The number of hydrogen-bond acceptors (Lipinski definition) is 4. The maximum atomic E-state index is 4.83. The molecule has 2 heterocycles. The predicted molar refractivity (Wildman–Crippen MR) is 77.7 cm³/mol. The van der Waals surface area contributed by atoms with Gasteiger partial charge in [-0.05, 0) is 32.4 Å². The molecule has 1 saturated heterocycles. The number of anilines is 1. The third-order valence-electron chi connectivity index (χ3n) is 4.49. The van der Waals surface area contributed by atoms with Crippen LogP contribution in [0, 0.1) is 6.92 Å². The second kappa shape index (κ2) is 5.45. The molecule has 0 N–H and O–H groups in total. The Hall–Kier alpha value is -1.16. The van der Waals surface area contributed by atoms with Gasteiger partial charge in [0.05, 0.1) is 0 Å². The number of rotatable bonds is 3. The molecule has 0 unspecified atom stereocenters. The molecule has 19 heavy (non-hydrogen) atoms. The number of aryl methyl sites for hydroxylation is 1. The molecule has 0 amide bonds. The lowest BCUT2D eigenvalue weighted by molar-refractivity contribution is 0.269. The van der Waals surface area contributed by atoms with Crippen LogP contribution in [0.15, 0.2) is 6.07 Å². The standard InChI is InChI=1S/C15H24N4/c1-3-18-7-9-19(10-8-18)15-16-12(2)11-14(17-15)13-5-4-6-13/h11,13H,3-10H2,1-2H3. The van der Waals surface area contributed by atoms with E-state index in [1.165, 1.54) is 25.0 Å². The van der Waals surface area contributed by atoms with Gasteiger partial charge in [-0.25, -0.2) is 9.97 Å². The Kier molecular flexibility index (Phi) is 3.69. The van der Waals surface area contributed by atoms with E-state index < -0.39 is 0 Å². The van der Waals surface area contributed by atoms with Crippen LogP contribution in [0.2, 0.25) is 0 Å². The van der Waals surface area contributed by atoms with Crippen molar-refractivity contribution in [2.24, 2.45) is 0 Å². The van der Waals surface area contributed by atoms with E-state index in [2.05, 4.69) is 34.7 Å². The molecule has 3 rings (SSSR count). The van der Waals surface area contributed by atoms with Gasteiger partial charge >= 0.3 is 0 Å². The largest absolute Gasteiger partial charge is 0.338 e. The molecule has 1 saturated carbocycles. The van der Waals surface area contributed by atoms with Crippen LogP contribution < -0.4 is 4.90 Å². The minimum absolute atomic E-state index is 0.692. The van der Waals surface area contributed by atoms with Crippen LogP contribution in [0.4, 0.5) is 5.95 Å². The first-order valence-electron chi connectivity index (χ1n) is 7.59. The molecule has 0 bridgehead atoms. The van der Waals surface area contributed by atoms with E-state index in [1.54, 1.807) is 0 Å². The van der Waals surface area contributed by atoms with Crippen molar-refractivity contribution < 1.29 is 0 Å². The first-order chi connectivity index (χ1) is 9.26. The zero-order chi connectivity index (χ0) is 13.2. The lowest BCUT2D eigenvalue weighted by Gasteiger charge is -2.34. The third kappa shape index (κ3) is 2.73. The molecule has 1 aromatic rings. The summed E-state index contributed by atoms with van der Waals surface area (Å²) in [5.41, 5.74) is 2.39. The number of piperazine rings is 1. The van der Waals surface area contributed by atoms with Crippen molar-refractivity contribution >= 4 is 5.95 Å². The van der Waals surface area contributed by atoms with Crippen LogP contribution in [0.3, 0.4) is 0 Å². The average Bonchev–Trinajstić information content (AvgIpc) is 2.36. The zero-order valence-corrected chi connectivity index (χ0v) is 12.1. The molecule has 0 spiro atoms. The highest BCUT2D eigenvalue weighted by Crippen LogP contribution is 2.35. The molecule has 2 fully saturated rings. The van der Waals surface area contributed by atoms with E-state index >= 15 is 0 Å². The van der Waals surface area contributed by atoms with E-state index in [-0.39, 0.29) is 0 Å². The van der Waals surface area contributed by atoms with Gasteiger partial charge in [-0.2, -0.15) is 0 Å². The van der Waals surface area contributed by atoms with Crippen LogP contribution in [-0.4, -0.2) is 47.6 Å². The van der Waals surface area contributed by atoms with Crippen molar-refractivity contribution in [2.45, 2.75) is 39.0 Å². The van der Waals surface area contributed by atoms with Crippen LogP contribution in [0.25, 0.3) is 0 Å². The summed E-state index contributed by atoms with van der Waals surface area (Å²) < 4.78 is 0. The second-order valence-electron chi connectivity index (χ2n) is 5.78. The molecular formula is C15H24N4. The first kappa shape index (κ1) is 12.9. The van der Waals surface area contributed by atoms with Crippen LogP contribution in [0.1, 0.15) is 43.5 Å². The molecule has 1 aliphatic carbocycles. The number of aromatic nitrogens is 2. The smallest absolute Gasteiger partial charge is 0.225 e. The van der Waals surface area contributed by atoms with Gasteiger partial charge in [-0.3, -0.25) is 0 Å². The van der Waals surface area contributed by atoms with Gasteiger partial charge in [0.25, 0.3) is 0 Å². The quantitative estimate of drug-likeness (QED) is 0.834. The molecular weight excluding hydrogens is 236 g/mol. The Bertz CT molecular complexity index is 434. The van der Waals surface area contributed by atoms with Crippen LogP contribution in [-0.2, 0) is 0 Å². The van der Waals surface area contributed by atoms with Gasteiger partial charge in [0, 0.05) is 43.5 Å². The zero-order valence-electron chi connectivity index (χ0n) is 12.1. The van der Waals surface area contributed by atoms with Crippen molar-refractivity contribution in [2.75, 3.05) is 37.6 Å². The highest BCUT2D eigenvalue weighted by molar-refractivity contribution is 5.34. The monoisotopic (exact) mass is 260 g/mol. The summed E-state index contributed by atoms with van der Waals surface area (Å²) in [4.78, 5) is 14.3. The van der Waals surface area contributed by atoms with Gasteiger partial charge in [-0.15, -0.1) is 0 Å². The molecule has 1 aromatic heterocycles. The summed E-state index contributed by atoms with van der Waals surface area (Å²) in [5, 5.41) is 0. The summed E-state index contributed by atoms with van der Waals surface area (Å²) >= 11 is 0. The second-order valence-corrected chi connectivity index (χ2v) is 5.78. The summed E-state index contributed by atoms with van der Waals surface area (Å²) in [6.45, 7) is 9.85.